The third-order valence-corrected chi connectivity index (χ3v) is 6.14. The summed E-state index contributed by atoms with van der Waals surface area (Å²) in [6, 6.07) is 14.9. The first-order valence-electron chi connectivity index (χ1n) is 9.60. The van der Waals surface area contributed by atoms with Gasteiger partial charge in [-0.15, -0.1) is 0 Å². The second-order valence-electron chi connectivity index (χ2n) is 6.63. The lowest BCUT2D eigenvalue weighted by Gasteiger charge is -2.09. The van der Waals surface area contributed by atoms with Gasteiger partial charge in [-0.3, -0.25) is 0 Å². The average molecular weight is 402 g/mol. The Labute approximate surface area is 167 Å². The van der Waals surface area contributed by atoms with E-state index in [0.717, 1.165) is 24.8 Å². The minimum atomic E-state index is -3.56. The highest BCUT2D eigenvalue weighted by molar-refractivity contribution is 7.91. The Morgan fingerprint density at radius 2 is 1.50 bits per heavy atom. The number of rotatable bonds is 10. The van der Waals surface area contributed by atoms with Crippen molar-refractivity contribution in [2.45, 2.75) is 62.2 Å². The molecule has 0 atom stereocenters. The molecule has 0 saturated heterocycles. The first-order chi connectivity index (χ1) is 13.4. The molecular weight excluding hydrogens is 374 g/mol. The highest BCUT2D eigenvalue weighted by Crippen LogP contribution is 2.22. The van der Waals surface area contributed by atoms with Gasteiger partial charge in [0, 0.05) is 6.92 Å². The zero-order valence-corrected chi connectivity index (χ0v) is 17.2. The number of oxime groups is 1. The maximum Gasteiger partial charge on any atom is 0.331 e. The first-order valence-corrected chi connectivity index (χ1v) is 11.1. The van der Waals surface area contributed by atoms with Crippen molar-refractivity contribution in [3.05, 3.63) is 60.2 Å². The Balaban J connectivity index is 2.18. The summed E-state index contributed by atoms with van der Waals surface area (Å²) in [4.78, 5) is 16.4. The molecule has 5 nitrogen and oxygen atoms in total. The van der Waals surface area contributed by atoms with E-state index in [2.05, 4.69) is 12.1 Å². The third-order valence-electron chi connectivity index (χ3n) is 4.35. The van der Waals surface area contributed by atoms with E-state index in [-0.39, 0.29) is 9.79 Å². The zero-order chi connectivity index (χ0) is 20.4. The lowest BCUT2D eigenvalue weighted by Crippen LogP contribution is -2.06. The molecule has 0 radical (unpaired) electrons. The fourth-order valence-electron chi connectivity index (χ4n) is 2.82. The predicted molar refractivity (Wildman–Crippen MR) is 110 cm³/mol. The van der Waals surface area contributed by atoms with Crippen LogP contribution in [0, 0.1) is 0 Å². The van der Waals surface area contributed by atoms with Crippen LogP contribution in [0.1, 0.15) is 57.9 Å². The molecule has 0 aromatic heterocycles. The van der Waals surface area contributed by atoms with Crippen LogP contribution in [0.2, 0.25) is 0 Å². The van der Waals surface area contributed by atoms with Crippen molar-refractivity contribution >= 4 is 21.5 Å². The first kappa shape index (κ1) is 21.8. The molecule has 0 saturated carbocycles. The van der Waals surface area contributed by atoms with Gasteiger partial charge in [-0.05, 0) is 42.7 Å². The molecule has 0 aliphatic carbocycles. The number of unbranched alkanes of at least 4 members (excludes halogenated alkanes) is 4. The molecule has 2 aromatic rings. The van der Waals surface area contributed by atoms with Crippen molar-refractivity contribution in [1.82, 2.24) is 0 Å². The van der Waals surface area contributed by atoms with Gasteiger partial charge in [-0.2, -0.15) is 0 Å². The van der Waals surface area contributed by atoms with Crippen LogP contribution < -0.4 is 0 Å². The van der Waals surface area contributed by atoms with Gasteiger partial charge in [-0.1, -0.05) is 68.1 Å². The molecule has 0 amide bonds. The molecular formula is C22H27NO4S. The van der Waals surface area contributed by atoms with Crippen molar-refractivity contribution in [1.29, 1.82) is 0 Å². The minimum absolute atomic E-state index is 0.220. The van der Waals surface area contributed by atoms with Crippen molar-refractivity contribution in [3.8, 4) is 0 Å². The van der Waals surface area contributed by atoms with Gasteiger partial charge in [0.1, 0.15) is 0 Å². The summed E-state index contributed by atoms with van der Waals surface area (Å²) in [5, 5.41) is 3.98. The maximum atomic E-state index is 12.7. The smallest absolute Gasteiger partial charge is 0.318 e. The Kier molecular flexibility index (Phi) is 8.39. The molecule has 28 heavy (non-hydrogen) atoms. The molecule has 150 valence electrons. The predicted octanol–water partition coefficient (Wildman–Crippen LogP) is 5.15. The lowest BCUT2D eigenvalue weighted by atomic mass is 10.0. The van der Waals surface area contributed by atoms with E-state index in [1.165, 1.54) is 19.8 Å². The number of hydrogen-bond acceptors (Lipinski definition) is 5. The number of sulfone groups is 1. The molecule has 0 aliphatic rings. The third kappa shape index (κ3) is 6.30. The van der Waals surface area contributed by atoms with E-state index in [4.69, 9.17) is 4.84 Å². The summed E-state index contributed by atoms with van der Waals surface area (Å²) in [6.07, 6.45) is 6.21. The topological polar surface area (TPSA) is 72.8 Å². The summed E-state index contributed by atoms with van der Waals surface area (Å²) in [5.41, 5.74) is 1.40. The fourth-order valence-corrected chi connectivity index (χ4v) is 4.10. The van der Waals surface area contributed by atoms with Gasteiger partial charge >= 0.3 is 5.97 Å². The molecule has 0 spiro atoms. The molecule has 0 fully saturated rings. The molecule has 0 unspecified atom stereocenters. The van der Waals surface area contributed by atoms with Crippen LogP contribution in [-0.2, 0) is 19.5 Å². The van der Waals surface area contributed by atoms with Gasteiger partial charge in [0.15, 0.2) is 0 Å². The minimum Gasteiger partial charge on any atom is -0.318 e. The standard InChI is InChI=1S/C22H27NO4S/c1-3-4-5-6-10-13-22(23-27-18(2)24)19-14-16-21(17-15-19)28(25,26)20-11-8-7-9-12-20/h7-9,11-12,14-17H,3-6,10,13H2,1-2H3. The SMILES string of the molecule is CCCCCCCC(=NOC(C)=O)c1ccc(S(=O)(=O)c2ccccc2)cc1. The van der Waals surface area contributed by atoms with E-state index in [1.807, 2.05) is 0 Å². The highest BCUT2D eigenvalue weighted by atomic mass is 32.2. The number of benzene rings is 2. The Hall–Kier alpha value is -2.47. The van der Waals surface area contributed by atoms with E-state index >= 15 is 0 Å². The van der Waals surface area contributed by atoms with Crippen molar-refractivity contribution in [2.24, 2.45) is 5.16 Å². The zero-order valence-electron chi connectivity index (χ0n) is 16.4. The van der Waals surface area contributed by atoms with Crippen LogP contribution in [0.3, 0.4) is 0 Å². The Bertz CT molecular complexity index is 888. The number of hydrogen-bond donors (Lipinski definition) is 0. The summed E-state index contributed by atoms with van der Waals surface area (Å²) < 4.78 is 25.4. The van der Waals surface area contributed by atoms with Crippen LogP contribution in [-0.4, -0.2) is 20.1 Å². The van der Waals surface area contributed by atoms with Gasteiger partial charge in [-0.25, -0.2) is 13.2 Å². The van der Waals surface area contributed by atoms with Gasteiger partial charge < -0.3 is 4.84 Å². The summed E-state index contributed by atoms with van der Waals surface area (Å²) >= 11 is 0. The second-order valence-corrected chi connectivity index (χ2v) is 8.58. The van der Waals surface area contributed by atoms with Crippen LogP contribution in [0.15, 0.2) is 69.5 Å². The molecule has 0 aliphatic heterocycles. The highest BCUT2D eigenvalue weighted by Gasteiger charge is 2.17. The van der Waals surface area contributed by atoms with E-state index in [0.29, 0.717) is 12.1 Å². The van der Waals surface area contributed by atoms with Crippen molar-refractivity contribution in [2.75, 3.05) is 0 Å². The fraction of sp³-hybridized carbons (Fsp3) is 0.364. The molecule has 6 heteroatoms. The average Bonchev–Trinajstić information content (AvgIpc) is 2.70. The molecule has 0 bridgehead atoms. The van der Waals surface area contributed by atoms with E-state index in [1.54, 1.807) is 54.6 Å². The Morgan fingerprint density at radius 1 is 0.893 bits per heavy atom. The summed E-state index contributed by atoms with van der Waals surface area (Å²) in [6.45, 7) is 3.47. The van der Waals surface area contributed by atoms with Crippen LogP contribution in [0.25, 0.3) is 0 Å². The number of carbonyl (C=O) groups excluding carboxylic acids is 1. The molecule has 2 aromatic carbocycles. The normalized spacial score (nSPS) is 12.0. The largest absolute Gasteiger partial charge is 0.331 e. The van der Waals surface area contributed by atoms with Crippen molar-refractivity contribution in [3.63, 3.8) is 0 Å². The van der Waals surface area contributed by atoms with E-state index in [9.17, 15) is 13.2 Å². The van der Waals surface area contributed by atoms with Crippen LogP contribution >= 0.6 is 0 Å². The second kappa shape index (κ2) is 10.8. The van der Waals surface area contributed by atoms with Gasteiger partial charge in [0.25, 0.3) is 0 Å². The summed E-state index contributed by atoms with van der Waals surface area (Å²) in [5.74, 6) is -0.480. The number of carbonyl (C=O) groups is 1. The monoisotopic (exact) mass is 401 g/mol. The Morgan fingerprint density at radius 3 is 2.11 bits per heavy atom. The molecule has 2 rings (SSSR count). The van der Waals surface area contributed by atoms with Crippen LogP contribution in [0.5, 0.6) is 0 Å². The molecule has 0 heterocycles. The van der Waals surface area contributed by atoms with Gasteiger partial charge in [0.2, 0.25) is 9.84 Å². The molecule has 0 N–H and O–H groups in total. The maximum absolute atomic E-state index is 12.7. The lowest BCUT2D eigenvalue weighted by molar-refractivity contribution is -0.140. The number of nitrogens with zero attached hydrogens (tertiary/aromatic N) is 1. The van der Waals surface area contributed by atoms with Gasteiger partial charge in [0.05, 0.1) is 15.5 Å². The van der Waals surface area contributed by atoms with E-state index < -0.39 is 15.8 Å². The van der Waals surface area contributed by atoms with Crippen molar-refractivity contribution < 1.29 is 18.0 Å². The quantitative estimate of drug-likeness (QED) is 0.239. The van der Waals surface area contributed by atoms with Crippen LogP contribution in [0.4, 0.5) is 0 Å². The summed E-state index contributed by atoms with van der Waals surface area (Å²) in [7, 11) is -3.56.